The molecule has 3 rings (SSSR count). The highest BCUT2D eigenvalue weighted by molar-refractivity contribution is 6.32. The molecule has 0 aliphatic rings. The summed E-state index contributed by atoms with van der Waals surface area (Å²) in [6.07, 6.45) is 5.06. The van der Waals surface area contributed by atoms with Crippen molar-refractivity contribution >= 4 is 34.7 Å². The van der Waals surface area contributed by atoms with Crippen molar-refractivity contribution in [2.75, 3.05) is 5.43 Å². The van der Waals surface area contributed by atoms with Gasteiger partial charge >= 0.3 is 0 Å². The summed E-state index contributed by atoms with van der Waals surface area (Å²) in [7, 11) is 0. The summed E-state index contributed by atoms with van der Waals surface area (Å²) in [4.78, 5) is 12.6. The van der Waals surface area contributed by atoms with Crippen molar-refractivity contribution in [1.29, 1.82) is 0 Å². The molecule has 0 unspecified atom stereocenters. The van der Waals surface area contributed by atoms with Crippen molar-refractivity contribution in [3.05, 3.63) is 59.5 Å². The molecule has 1 aromatic carbocycles. The maximum absolute atomic E-state index is 6.06. The number of hydrazone groups is 1. The lowest BCUT2D eigenvalue weighted by molar-refractivity contribution is 1.21. The van der Waals surface area contributed by atoms with Crippen LogP contribution in [0.25, 0.3) is 11.0 Å². The van der Waals surface area contributed by atoms with Gasteiger partial charge in [-0.15, -0.1) is 0 Å². The molecule has 5 nitrogen and oxygen atoms in total. The Kier molecular flexibility index (Phi) is 3.52. The third-order valence-corrected chi connectivity index (χ3v) is 2.88. The number of rotatable bonds is 3. The smallest absolute Gasteiger partial charge is 0.185 e. The maximum atomic E-state index is 6.06. The molecule has 0 atom stereocenters. The molecule has 0 aliphatic heterocycles. The lowest BCUT2D eigenvalue weighted by Crippen LogP contribution is -1.97. The monoisotopic (exact) mass is 283 g/mol. The lowest BCUT2D eigenvalue weighted by Gasteiger charge is -2.03. The minimum absolute atomic E-state index is 0.288. The minimum Gasteiger partial charge on any atom is -0.265 e. The summed E-state index contributed by atoms with van der Waals surface area (Å²) in [5.74, 6) is 0.427. The zero-order valence-electron chi connectivity index (χ0n) is 10.4. The zero-order valence-corrected chi connectivity index (χ0v) is 11.1. The molecule has 3 aromatic rings. The highest BCUT2D eigenvalue weighted by Crippen LogP contribution is 2.20. The molecule has 20 heavy (non-hydrogen) atoms. The van der Waals surface area contributed by atoms with Crippen molar-refractivity contribution in [3.8, 4) is 0 Å². The van der Waals surface area contributed by atoms with Crippen LogP contribution in [0.5, 0.6) is 0 Å². The van der Waals surface area contributed by atoms with Crippen molar-refractivity contribution in [3.63, 3.8) is 0 Å². The number of hydrogen-bond acceptors (Lipinski definition) is 5. The molecule has 2 aromatic heterocycles. The Labute approximate surface area is 120 Å². The van der Waals surface area contributed by atoms with Crippen LogP contribution in [0.1, 0.15) is 5.56 Å². The van der Waals surface area contributed by atoms with E-state index in [9.17, 15) is 0 Å². The number of benzene rings is 1. The van der Waals surface area contributed by atoms with Gasteiger partial charge in [0.2, 0.25) is 0 Å². The first-order chi connectivity index (χ1) is 9.83. The van der Waals surface area contributed by atoms with Crippen LogP contribution in [0.4, 0.5) is 5.82 Å². The Morgan fingerprint density at radius 3 is 2.45 bits per heavy atom. The second-order valence-electron chi connectivity index (χ2n) is 4.00. The number of para-hydroxylation sites is 2. The number of fused-ring (bicyclic) bond motifs is 1. The molecule has 0 aliphatic carbocycles. The van der Waals surface area contributed by atoms with E-state index in [2.05, 4.69) is 25.5 Å². The molecule has 0 bridgehead atoms. The molecule has 0 fully saturated rings. The van der Waals surface area contributed by atoms with Crippen molar-refractivity contribution in [2.24, 2.45) is 5.10 Å². The molecule has 0 spiro atoms. The van der Waals surface area contributed by atoms with Crippen molar-refractivity contribution < 1.29 is 0 Å². The quantitative estimate of drug-likeness (QED) is 0.592. The van der Waals surface area contributed by atoms with Crippen molar-refractivity contribution in [2.45, 2.75) is 0 Å². The van der Waals surface area contributed by atoms with E-state index in [0.29, 0.717) is 5.82 Å². The third kappa shape index (κ3) is 2.73. The van der Waals surface area contributed by atoms with Crippen LogP contribution < -0.4 is 5.43 Å². The molecular formula is C14H10ClN5. The summed E-state index contributed by atoms with van der Waals surface area (Å²) in [5, 5.41) is 4.38. The number of nitrogens with zero attached hydrogens (tertiary/aromatic N) is 4. The average Bonchev–Trinajstić information content (AvgIpc) is 2.49. The molecule has 0 saturated heterocycles. The highest BCUT2D eigenvalue weighted by atomic mass is 35.5. The van der Waals surface area contributed by atoms with Gasteiger partial charge in [0, 0.05) is 12.4 Å². The first kappa shape index (κ1) is 12.5. The molecule has 0 radical (unpaired) electrons. The van der Waals surface area contributed by atoms with Gasteiger partial charge in [-0.05, 0) is 29.8 Å². The Balaban J connectivity index is 1.84. The highest BCUT2D eigenvalue weighted by Gasteiger charge is 2.04. The van der Waals surface area contributed by atoms with E-state index in [1.54, 1.807) is 18.6 Å². The van der Waals surface area contributed by atoms with Crippen LogP contribution in [0.2, 0.25) is 5.15 Å². The van der Waals surface area contributed by atoms with Gasteiger partial charge in [0.1, 0.15) is 0 Å². The molecule has 0 saturated carbocycles. The van der Waals surface area contributed by atoms with Gasteiger partial charge in [-0.25, -0.2) is 9.97 Å². The predicted molar refractivity (Wildman–Crippen MR) is 80.0 cm³/mol. The third-order valence-electron chi connectivity index (χ3n) is 2.62. The van der Waals surface area contributed by atoms with Gasteiger partial charge in [0.25, 0.3) is 0 Å². The van der Waals surface area contributed by atoms with Gasteiger partial charge < -0.3 is 0 Å². The molecular weight excluding hydrogens is 274 g/mol. The van der Waals surface area contributed by atoms with Gasteiger partial charge in [0.15, 0.2) is 11.0 Å². The summed E-state index contributed by atoms with van der Waals surface area (Å²) < 4.78 is 0. The number of aromatic nitrogens is 3. The second kappa shape index (κ2) is 5.63. The Morgan fingerprint density at radius 2 is 1.70 bits per heavy atom. The molecule has 6 heteroatoms. The summed E-state index contributed by atoms with van der Waals surface area (Å²) in [6, 6.07) is 11.2. The summed E-state index contributed by atoms with van der Waals surface area (Å²) >= 11 is 6.06. The topological polar surface area (TPSA) is 63.1 Å². The largest absolute Gasteiger partial charge is 0.265 e. The van der Waals surface area contributed by atoms with Crippen LogP contribution in [-0.4, -0.2) is 21.2 Å². The van der Waals surface area contributed by atoms with Gasteiger partial charge in [-0.2, -0.15) is 5.10 Å². The standard InChI is InChI=1S/C14H10ClN5/c15-13-14(19-12-4-2-1-3-11(12)18-13)20-17-9-10-5-7-16-8-6-10/h1-9H,(H,19,20)/b17-9+. The number of anilines is 1. The Hall–Kier alpha value is -2.53. The van der Waals surface area contributed by atoms with E-state index in [1.807, 2.05) is 36.4 Å². The molecule has 0 amide bonds. The van der Waals surface area contributed by atoms with Crippen LogP contribution in [0.15, 0.2) is 53.9 Å². The average molecular weight is 284 g/mol. The number of nitrogens with one attached hydrogen (secondary N) is 1. The first-order valence-electron chi connectivity index (χ1n) is 5.94. The molecule has 1 N–H and O–H groups in total. The molecule has 98 valence electrons. The fourth-order valence-electron chi connectivity index (χ4n) is 1.67. The van der Waals surface area contributed by atoms with Crippen LogP contribution >= 0.6 is 11.6 Å². The fraction of sp³-hybridized carbons (Fsp3) is 0. The van der Waals surface area contributed by atoms with E-state index < -0.39 is 0 Å². The maximum Gasteiger partial charge on any atom is 0.185 e. The van der Waals surface area contributed by atoms with Crippen LogP contribution in [0.3, 0.4) is 0 Å². The number of halogens is 1. The fourth-order valence-corrected chi connectivity index (χ4v) is 1.84. The van der Waals surface area contributed by atoms with E-state index >= 15 is 0 Å². The zero-order chi connectivity index (χ0) is 13.8. The van der Waals surface area contributed by atoms with E-state index in [1.165, 1.54) is 0 Å². The SMILES string of the molecule is Clc1nc2ccccc2nc1N/N=C/c1ccncc1. The van der Waals surface area contributed by atoms with Crippen LogP contribution in [0, 0.1) is 0 Å². The Morgan fingerprint density at radius 1 is 1.00 bits per heavy atom. The first-order valence-corrected chi connectivity index (χ1v) is 6.32. The van der Waals surface area contributed by atoms with Crippen molar-refractivity contribution in [1.82, 2.24) is 15.0 Å². The van der Waals surface area contributed by atoms with Gasteiger partial charge in [-0.3, -0.25) is 10.4 Å². The van der Waals surface area contributed by atoms with E-state index in [0.717, 1.165) is 16.6 Å². The van der Waals surface area contributed by atoms with E-state index in [-0.39, 0.29) is 5.15 Å². The predicted octanol–water partition coefficient (Wildman–Crippen LogP) is 3.12. The molecule has 2 heterocycles. The summed E-state index contributed by atoms with van der Waals surface area (Å²) in [6.45, 7) is 0. The van der Waals surface area contributed by atoms with E-state index in [4.69, 9.17) is 11.6 Å². The number of hydrogen-bond donors (Lipinski definition) is 1. The van der Waals surface area contributed by atoms with Gasteiger partial charge in [-0.1, -0.05) is 23.7 Å². The lowest BCUT2D eigenvalue weighted by atomic mass is 10.3. The van der Waals surface area contributed by atoms with Crippen LogP contribution in [-0.2, 0) is 0 Å². The minimum atomic E-state index is 0.288. The van der Waals surface area contributed by atoms with Gasteiger partial charge in [0.05, 0.1) is 17.2 Å². The number of pyridine rings is 1. The Bertz CT molecular complexity index is 758. The summed E-state index contributed by atoms with van der Waals surface area (Å²) in [5.41, 5.74) is 5.24. The second-order valence-corrected chi connectivity index (χ2v) is 4.36. The normalized spacial score (nSPS) is 11.1.